The molecule has 0 aromatic heterocycles. The minimum atomic E-state index is -0.440. The van der Waals surface area contributed by atoms with E-state index >= 15 is 0 Å². The van der Waals surface area contributed by atoms with Gasteiger partial charge in [-0.15, -0.1) is 6.42 Å². The Morgan fingerprint density at radius 1 is 1.58 bits per heavy atom. The van der Waals surface area contributed by atoms with Crippen molar-refractivity contribution in [3.8, 4) is 12.3 Å². The van der Waals surface area contributed by atoms with Crippen molar-refractivity contribution in [1.82, 2.24) is 0 Å². The van der Waals surface area contributed by atoms with Gasteiger partial charge in [0.1, 0.15) is 5.82 Å². The van der Waals surface area contributed by atoms with Crippen LogP contribution < -0.4 is 5.73 Å². The molecule has 1 aromatic rings. The average molecular weight is 163 g/mol. The van der Waals surface area contributed by atoms with Crippen LogP contribution in [0.5, 0.6) is 0 Å². The van der Waals surface area contributed by atoms with Crippen molar-refractivity contribution in [2.75, 3.05) is 0 Å². The average Bonchev–Trinajstić information content (AvgIpc) is 2.08. The van der Waals surface area contributed by atoms with Crippen LogP contribution in [-0.2, 0) is 0 Å². The summed E-state index contributed by atoms with van der Waals surface area (Å²) in [6.07, 6.45) is 5.12. The molecule has 0 fully saturated rings. The Bertz CT molecular complexity index is 325. The molecule has 1 rings (SSSR count). The van der Waals surface area contributed by atoms with Crippen molar-refractivity contribution in [2.45, 2.75) is 13.0 Å². The SMILES string of the molecule is C#CC(N)c1ccc(F)c(C)c1. The molecule has 0 saturated heterocycles. The first-order valence-corrected chi connectivity index (χ1v) is 3.63. The van der Waals surface area contributed by atoms with Crippen molar-refractivity contribution in [2.24, 2.45) is 5.73 Å². The molecule has 0 bridgehead atoms. The largest absolute Gasteiger partial charge is 0.314 e. The summed E-state index contributed by atoms with van der Waals surface area (Å²) >= 11 is 0. The molecular formula is C10H10FN. The number of terminal acetylenes is 1. The van der Waals surface area contributed by atoms with E-state index < -0.39 is 6.04 Å². The van der Waals surface area contributed by atoms with Crippen LogP contribution in [0.15, 0.2) is 18.2 Å². The van der Waals surface area contributed by atoms with Crippen molar-refractivity contribution in [3.05, 3.63) is 35.1 Å². The van der Waals surface area contributed by atoms with E-state index in [2.05, 4.69) is 5.92 Å². The van der Waals surface area contributed by atoms with Crippen LogP contribution in [0.25, 0.3) is 0 Å². The third kappa shape index (κ3) is 1.63. The molecular weight excluding hydrogens is 153 g/mol. The molecule has 1 atom stereocenters. The number of hydrogen-bond acceptors (Lipinski definition) is 1. The molecule has 2 N–H and O–H groups in total. The second kappa shape index (κ2) is 3.38. The zero-order valence-electron chi connectivity index (χ0n) is 6.84. The Morgan fingerprint density at radius 2 is 2.25 bits per heavy atom. The summed E-state index contributed by atoms with van der Waals surface area (Å²) in [5, 5.41) is 0. The van der Waals surface area contributed by atoms with Crippen molar-refractivity contribution < 1.29 is 4.39 Å². The maximum Gasteiger partial charge on any atom is 0.126 e. The van der Waals surface area contributed by atoms with E-state index in [1.807, 2.05) is 0 Å². The highest BCUT2D eigenvalue weighted by Gasteiger charge is 2.03. The third-order valence-electron chi connectivity index (χ3n) is 1.72. The molecule has 12 heavy (non-hydrogen) atoms. The lowest BCUT2D eigenvalue weighted by Gasteiger charge is -2.05. The Morgan fingerprint density at radius 3 is 2.75 bits per heavy atom. The molecule has 1 unspecified atom stereocenters. The normalized spacial score (nSPS) is 12.2. The minimum absolute atomic E-state index is 0.233. The molecule has 0 aliphatic heterocycles. The van der Waals surface area contributed by atoms with Gasteiger partial charge in [-0.05, 0) is 24.1 Å². The predicted molar refractivity (Wildman–Crippen MR) is 46.9 cm³/mol. The number of rotatable bonds is 1. The molecule has 0 aliphatic carbocycles. The molecule has 2 heteroatoms. The number of hydrogen-bond donors (Lipinski definition) is 1. The molecule has 0 heterocycles. The first kappa shape index (κ1) is 8.76. The topological polar surface area (TPSA) is 26.0 Å². The molecule has 0 radical (unpaired) electrons. The molecule has 1 aromatic carbocycles. The fourth-order valence-corrected chi connectivity index (χ4v) is 0.958. The Hall–Kier alpha value is -1.33. The Balaban J connectivity index is 3.06. The van der Waals surface area contributed by atoms with E-state index in [-0.39, 0.29) is 5.82 Å². The Kier molecular flexibility index (Phi) is 2.47. The molecule has 0 amide bonds. The van der Waals surface area contributed by atoms with Crippen molar-refractivity contribution >= 4 is 0 Å². The van der Waals surface area contributed by atoms with Gasteiger partial charge in [0.25, 0.3) is 0 Å². The van der Waals surface area contributed by atoms with Gasteiger partial charge in [0.05, 0.1) is 6.04 Å². The van der Waals surface area contributed by atoms with Crippen molar-refractivity contribution in [1.29, 1.82) is 0 Å². The summed E-state index contributed by atoms with van der Waals surface area (Å²) in [6, 6.07) is 4.21. The lowest BCUT2D eigenvalue weighted by molar-refractivity contribution is 0.617. The van der Waals surface area contributed by atoms with Gasteiger partial charge in [0, 0.05) is 0 Å². The van der Waals surface area contributed by atoms with Gasteiger partial charge >= 0.3 is 0 Å². The van der Waals surface area contributed by atoms with Crippen LogP contribution in [0.4, 0.5) is 4.39 Å². The first-order valence-electron chi connectivity index (χ1n) is 3.63. The maximum absolute atomic E-state index is 12.8. The number of aryl methyl sites for hydroxylation is 1. The molecule has 0 saturated carbocycles. The second-order valence-corrected chi connectivity index (χ2v) is 2.65. The van der Waals surface area contributed by atoms with Crippen LogP contribution in [0.3, 0.4) is 0 Å². The van der Waals surface area contributed by atoms with Gasteiger partial charge in [-0.3, -0.25) is 0 Å². The van der Waals surface area contributed by atoms with Crippen LogP contribution in [-0.4, -0.2) is 0 Å². The summed E-state index contributed by atoms with van der Waals surface area (Å²) in [5.74, 6) is 2.15. The van der Waals surface area contributed by atoms with E-state index in [1.165, 1.54) is 6.07 Å². The summed E-state index contributed by atoms with van der Waals surface area (Å²) in [6.45, 7) is 1.68. The number of halogens is 1. The third-order valence-corrected chi connectivity index (χ3v) is 1.72. The highest BCUT2D eigenvalue weighted by Crippen LogP contribution is 2.13. The van der Waals surface area contributed by atoms with Crippen LogP contribution in [0.2, 0.25) is 0 Å². The zero-order valence-corrected chi connectivity index (χ0v) is 6.84. The van der Waals surface area contributed by atoms with Crippen LogP contribution in [0, 0.1) is 25.1 Å². The number of benzene rings is 1. The van der Waals surface area contributed by atoms with Gasteiger partial charge in [-0.2, -0.15) is 0 Å². The van der Waals surface area contributed by atoms with Gasteiger partial charge in [0.2, 0.25) is 0 Å². The van der Waals surface area contributed by atoms with Gasteiger partial charge in [-0.1, -0.05) is 18.1 Å². The summed E-state index contributed by atoms with van der Waals surface area (Å²) < 4.78 is 12.8. The smallest absolute Gasteiger partial charge is 0.126 e. The number of nitrogens with two attached hydrogens (primary N) is 1. The minimum Gasteiger partial charge on any atom is -0.314 e. The molecule has 1 nitrogen and oxygen atoms in total. The van der Waals surface area contributed by atoms with Gasteiger partial charge in [-0.25, -0.2) is 4.39 Å². The van der Waals surface area contributed by atoms with Crippen molar-refractivity contribution in [3.63, 3.8) is 0 Å². The monoisotopic (exact) mass is 163 g/mol. The standard InChI is InChI=1S/C10H10FN/c1-3-10(12)8-4-5-9(11)7(2)6-8/h1,4-6,10H,12H2,2H3. The first-order chi connectivity index (χ1) is 5.65. The molecule has 0 aliphatic rings. The van der Waals surface area contributed by atoms with Gasteiger partial charge < -0.3 is 5.73 Å². The molecule has 0 spiro atoms. The zero-order chi connectivity index (χ0) is 9.14. The lowest BCUT2D eigenvalue weighted by Crippen LogP contribution is -2.07. The fraction of sp³-hybridized carbons (Fsp3) is 0.200. The summed E-state index contributed by atoms with van der Waals surface area (Å²) in [5.41, 5.74) is 6.90. The van der Waals surface area contributed by atoms with E-state index in [9.17, 15) is 4.39 Å². The summed E-state index contributed by atoms with van der Waals surface area (Å²) in [4.78, 5) is 0. The van der Waals surface area contributed by atoms with E-state index in [0.29, 0.717) is 5.56 Å². The predicted octanol–water partition coefficient (Wildman–Crippen LogP) is 1.77. The van der Waals surface area contributed by atoms with Crippen LogP contribution >= 0.6 is 0 Å². The lowest BCUT2D eigenvalue weighted by atomic mass is 10.1. The Labute approximate surface area is 71.4 Å². The summed E-state index contributed by atoms with van der Waals surface area (Å²) in [7, 11) is 0. The maximum atomic E-state index is 12.8. The van der Waals surface area contributed by atoms with E-state index in [0.717, 1.165) is 5.56 Å². The van der Waals surface area contributed by atoms with Gasteiger partial charge in [0.15, 0.2) is 0 Å². The highest BCUT2D eigenvalue weighted by atomic mass is 19.1. The van der Waals surface area contributed by atoms with E-state index in [4.69, 9.17) is 12.2 Å². The second-order valence-electron chi connectivity index (χ2n) is 2.65. The fourth-order valence-electron chi connectivity index (χ4n) is 0.958. The quantitative estimate of drug-likeness (QED) is 0.627. The molecule has 62 valence electrons. The highest BCUT2D eigenvalue weighted by molar-refractivity contribution is 5.30. The van der Waals surface area contributed by atoms with Crippen LogP contribution in [0.1, 0.15) is 17.2 Å². The van der Waals surface area contributed by atoms with E-state index in [1.54, 1.807) is 19.1 Å².